The van der Waals surface area contributed by atoms with Gasteiger partial charge in [-0.1, -0.05) is 24.3 Å². The number of nitrogens with zero attached hydrogens (tertiary/aromatic N) is 1. The van der Waals surface area contributed by atoms with Gasteiger partial charge in [-0.25, -0.2) is 0 Å². The largest absolute Gasteiger partial charge is 0.251 e. The molecule has 1 nitrogen and oxygen atoms in total. The second-order valence-electron chi connectivity index (χ2n) is 2.95. The smallest absolute Gasteiger partial charge is 0.0897 e. The molecule has 68 valence electrons. The van der Waals surface area contributed by atoms with E-state index in [0.717, 1.165) is 17.5 Å². The molecule has 0 heterocycles. The Morgan fingerprint density at radius 3 is 2.77 bits per heavy atom. The van der Waals surface area contributed by atoms with E-state index in [2.05, 4.69) is 6.07 Å². The van der Waals surface area contributed by atoms with E-state index in [-0.39, 0.29) is 6.67 Å². The number of halogens is 1. The molecular formula is C11H12FN. The lowest BCUT2D eigenvalue weighted by Crippen LogP contribution is -1.89. The first-order chi connectivity index (χ1) is 6.36. The van der Waals surface area contributed by atoms with E-state index in [9.17, 15) is 4.39 Å². The highest BCUT2D eigenvalue weighted by molar-refractivity contribution is 5.25. The van der Waals surface area contributed by atoms with Gasteiger partial charge in [-0.15, -0.1) is 0 Å². The highest BCUT2D eigenvalue weighted by Crippen LogP contribution is 2.08. The van der Waals surface area contributed by atoms with Crippen molar-refractivity contribution >= 4 is 0 Å². The van der Waals surface area contributed by atoms with Crippen molar-refractivity contribution in [3.63, 3.8) is 0 Å². The van der Waals surface area contributed by atoms with Gasteiger partial charge in [0.15, 0.2) is 0 Å². The van der Waals surface area contributed by atoms with Crippen molar-refractivity contribution in [2.24, 2.45) is 0 Å². The summed E-state index contributed by atoms with van der Waals surface area (Å²) in [6, 6.07) is 9.87. The minimum atomic E-state index is -0.275. The molecule has 0 saturated heterocycles. The minimum Gasteiger partial charge on any atom is -0.251 e. The van der Waals surface area contributed by atoms with Crippen molar-refractivity contribution in [1.82, 2.24) is 0 Å². The number of aryl methyl sites for hydroxylation is 1. The van der Waals surface area contributed by atoms with Crippen LogP contribution in [0.25, 0.3) is 0 Å². The Kier molecular flexibility index (Phi) is 3.98. The van der Waals surface area contributed by atoms with E-state index in [1.807, 2.05) is 24.3 Å². The van der Waals surface area contributed by atoms with Crippen LogP contribution in [0.4, 0.5) is 4.39 Å². The van der Waals surface area contributed by atoms with Crippen LogP contribution in [0, 0.1) is 11.3 Å². The monoisotopic (exact) mass is 177 g/mol. The van der Waals surface area contributed by atoms with Gasteiger partial charge in [0.2, 0.25) is 0 Å². The maximum atomic E-state index is 11.9. The first-order valence-electron chi connectivity index (χ1n) is 4.37. The number of benzene rings is 1. The summed E-state index contributed by atoms with van der Waals surface area (Å²) >= 11 is 0. The number of alkyl halides is 1. The van der Waals surface area contributed by atoms with E-state index in [1.54, 1.807) is 0 Å². The molecular weight excluding hydrogens is 165 g/mol. The number of hydrogen-bond donors (Lipinski definition) is 0. The quantitative estimate of drug-likeness (QED) is 0.693. The molecule has 0 bridgehead atoms. The van der Waals surface area contributed by atoms with Gasteiger partial charge in [0.1, 0.15) is 0 Å². The lowest BCUT2D eigenvalue weighted by atomic mass is 10.1. The second kappa shape index (κ2) is 5.31. The molecule has 1 aromatic carbocycles. The fraction of sp³-hybridized carbons (Fsp3) is 0.364. The third-order valence-electron chi connectivity index (χ3n) is 1.87. The Balaban J connectivity index is 2.63. The zero-order valence-electron chi connectivity index (χ0n) is 7.46. The average molecular weight is 177 g/mol. The summed E-state index contributed by atoms with van der Waals surface area (Å²) in [5.74, 6) is 0. The van der Waals surface area contributed by atoms with Crippen molar-refractivity contribution in [3.05, 3.63) is 35.4 Å². The number of hydrogen-bond acceptors (Lipinski definition) is 1. The van der Waals surface area contributed by atoms with Crippen LogP contribution in [0.15, 0.2) is 24.3 Å². The lowest BCUT2D eigenvalue weighted by Gasteiger charge is -2.00. The van der Waals surface area contributed by atoms with Gasteiger partial charge >= 0.3 is 0 Å². The van der Waals surface area contributed by atoms with Crippen LogP contribution in [-0.4, -0.2) is 6.67 Å². The molecule has 0 aliphatic rings. The molecule has 0 amide bonds. The van der Waals surface area contributed by atoms with Crippen molar-refractivity contribution in [2.45, 2.75) is 19.3 Å². The van der Waals surface area contributed by atoms with Crippen molar-refractivity contribution in [3.8, 4) is 6.07 Å². The molecule has 0 aromatic heterocycles. The topological polar surface area (TPSA) is 23.8 Å². The fourth-order valence-corrected chi connectivity index (χ4v) is 1.26. The second-order valence-corrected chi connectivity index (χ2v) is 2.95. The van der Waals surface area contributed by atoms with E-state index < -0.39 is 0 Å². The highest BCUT2D eigenvalue weighted by Gasteiger charge is 1.95. The molecule has 0 unspecified atom stereocenters. The third kappa shape index (κ3) is 3.25. The fourth-order valence-electron chi connectivity index (χ4n) is 1.26. The van der Waals surface area contributed by atoms with E-state index >= 15 is 0 Å². The van der Waals surface area contributed by atoms with Gasteiger partial charge in [0.05, 0.1) is 19.2 Å². The first kappa shape index (κ1) is 9.73. The lowest BCUT2D eigenvalue weighted by molar-refractivity contribution is 0.473. The molecule has 0 radical (unpaired) electrons. The van der Waals surface area contributed by atoms with Gasteiger partial charge in [0, 0.05) is 0 Å². The number of nitriles is 1. The Hall–Kier alpha value is -1.36. The van der Waals surface area contributed by atoms with Crippen LogP contribution in [0.3, 0.4) is 0 Å². The number of rotatable bonds is 4. The maximum absolute atomic E-state index is 11.9. The van der Waals surface area contributed by atoms with Crippen LogP contribution in [0.2, 0.25) is 0 Å². The van der Waals surface area contributed by atoms with Crippen LogP contribution < -0.4 is 0 Å². The molecule has 2 heteroatoms. The Labute approximate surface area is 77.8 Å². The molecule has 0 saturated carbocycles. The van der Waals surface area contributed by atoms with Gasteiger partial charge in [0.25, 0.3) is 0 Å². The SMILES string of the molecule is N#CCc1cccc(CCCF)c1. The summed E-state index contributed by atoms with van der Waals surface area (Å²) in [5, 5.41) is 8.48. The van der Waals surface area contributed by atoms with Crippen LogP contribution in [-0.2, 0) is 12.8 Å². The Morgan fingerprint density at radius 1 is 1.31 bits per heavy atom. The Bertz CT molecular complexity index is 301. The van der Waals surface area contributed by atoms with Crippen LogP contribution in [0.5, 0.6) is 0 Å². The molecule has 0 N–H and O–H groups in total. The van der Waals surface area contributed by atoms with E-state index in [4.69, 9.17) is 5.26 Å². The van der Waals surface area contributed by atoms with Crippen molar-refractivity contribution in [2.75, 3.05) is 6.67 Å². The summed E-state index contributed by atoms with van der Waals surface area (Å²) in [6.45, 7) is -0.275. The van der Waals surface area contributed by atoms with Gasteiger partial charge in [-0.05, 0) is 24.0 Å². The summed E-state index contributed by atoms with van der Waals surface area (Å²) in [5.41, 5.74) is 2.13. The molecule has 1 aromatic rings. The van der Waals surface area contributed by atoms with Gasteiger partial charge in [-0.3, -0.25) is 4.39 Å². The van der Waals surface area contributed by atoms with E-state index in [1.165, 1.54) is 0 Å². The summed E-state index contributed by atoms with van der Waals surface area (Å²) in [4.78, 5) is 0. The van der Waals surface area contributed by atoms with Crippen molar-refractivity contribution in [1.29, 1.82) is 5.26 Å². The van der Waals surface area contributed by atoms with Crippen molar-refractivity contribution < 1.29 is 4.39 Å². The normalized spacial score (nSPS) is 9.54. The maximum Gasteiger partial charge on any atom is 0.0897 e. The molecule has 1 rings (SSSR count). The first-order valence-corrected chi connectivity index (χ1v) is 4.37. The summed E-state index contributed by atoms with van der Waals surface area (Å²) < 4.78 is 11.9. The standard InChI is InChI=1S/C11H12FN/c12-7-2-5-10-3-1-4-11(9-10)6-8-13/h1,3-4,9H,2,5-7H2. The molecule has 0 fully saturated rings. The minimum absolute atomic E-state index is 0.275. The zero-order chi connectivity index (χ0) is 9.52. The van der Waals surface area contributed by atoms with Crippen LogP contribution >= 0.6 is 0 Å². The summed E-state index contributed by atoms with van der Waals surface area (Å²) in [6.07, 6.45) is 1.76. The predicted octanol–water partition coefficient (Wildman–Crippen LogP) is 2.65. The van der Waals surface area contributed by atoms with E-state index in [0.29, 0.717) is 12.8 Å². The molecule has 13 heavy (non-hydrogen) atoms. The molecule has 0 aliphatic heterocycles. The molecule has 0 atom stereocenters. The predicted molar refractivity (Wildman–Crippen MR) is 50.1 cm³/mol. The molecule has 0 spiro atoms. The van der Waals surface area contributed by atoms with Gasteiger partial charge < -0.3 is 0 Å². The summed E-state index contributed by atoms with van der Waals surface area (Å²) in [7, 11) is 0. The zero-order valence-corrected chi connectivity index (χ0v) is 7.46. The molecule has 0 aliphatic carbocycles. The van der Waals surface area contributed by atoms with Gasteiger partial charge in [-0.2, -0.15) is 5.26 Å². The van der Waals surface area contributed by atoms with Crippen LogP contribution in [0.1, 0.15) is 17.5 Å². The average Bonchev–Trinajstić information content (AvgIpc) is 2.16. The Morgan fingerprint density at radius 2 is 2.08 bits per heavy atom. The highest BCUT2D eigenvalue weighted by atomic mass is 19.1. The third-order valence-corrected chi connectivity index (χ3v) is 1.87.